The van der Waals surface area contributed by atoms with Crippen LogP contribution < -0.4 is 5.32 Å². The molecule has 2 aromatic carbocycles. The largest absolute Gasteiger partial charge is 0.479 e. The Morgan fingerprint density at radius 1 is 1.06 bits per heavy atom. The van der Waals surface area contributed by atoms with Gasteiger partial charge in [-0.1, -0.05) is 29.8 Å². The standard InChI is InChI=1S/C23H22ClF3N4O2/c1-12-5-7-14(10-17(12)25)18-29-19(31-21(33)30-18)15-9-13(6-8-16(15)24)11-28-20(32)22(2,3)23(4,26)27/h5-10H,11H2,1-4H3,(H,28,32)(H,29,30,31,33). The molecule has 10 heteroatoms. The summed E-state index contributed by atoms with van der Waals surface area (Å²) in [6.45, 7) is 4.59. The van der Waals surface area contributed by atoms with Gasteiger partial charge >= 0.3 is 6.01 Å². The van der Waals surface area contributed by atoms with Gasteiger partial charge in [0.25, 0.3) is 5.92 Å². The van der Waals surface area contributed by atoms with Crippen LogP contribution in [0.1, 0.15) is 31.9 Å². The van der Waals surface area contributed by atoms with Crippen molar-refractivity contribution in [2.24, 2.45) is 5.41 Å². The fraction of sp³-hybridized carbons (Fsp3) is 0.304. The molecule has 33 heavy (non-hydrogen) atoms. The van der Waals surface area contributed by atoms with Crippen molar-refractivity contribution in [1.29, 1.82) is 0 Å². The van der Waals surface area contributed by atoms with Crippen molar-refractivity contribution in [1.82, 2.24) is 20.3 Å². The van der Waals surface area contributed by atoms with Crippen molar-refractivity contribution >= 4 is 17.5 Å². The maximum Gasteiger partial charge on any atom is 0.318 e. The molecule has 1 amide bonds. The third-order valence-corrected chi connectivity index (χ3v) is 5.77. The van der Waals surface area contributed by atoms with Gasteiger partial charge in [-0.15, -0.1) is 0 Å². The summed E-state index contributed by atoms with van der Waals surface area (Å²) in [7, 11) is 0. The van der Waals surface area contributed by atoms with Crippen molar-refractivity contribution in [3.05, 3.63) is 58.4 Å². The van der Waals surface area contributed by atoms with Crippen LogP contribution in [0, 0.1) is 18.2 Å². The first-order chi connectivity index (χ1) is 15.3. The molecule has 6 nitrogen and oxygen atoms in total. The molecular weight excluding hydrogens is 457 g/mol. The normalized spacial score (nSPS) is 12.0. The molecule has 0 aliphatic heterocycles. The van der Waals surface area contributed by atoms with Gasteiger partial charge in [0, 0.05) is 24.6 Å². The lowest BCUT2D eigenvalue weighted by molar-refractivity contribution is -0.151. The van der Waals surface area contributed by atoms with Crippen LogP contribution in [0.15, 0.2) is 36.4 Å². The smallest absolute Gasteiger partial charge is 0.318 e. The first-order valence-corrected chi connectivity index (χ1v) is 10.3. The van der Waals surface area contributed by atoms with E-state index >= 15 is 0 Å². The SMILES string of the molecule is Cc1ccc(-c2nc(O)nc(-c3cc(CNC(=O)C(C)(C)C(C)(F)F)ccc3Cl)n2)cc1F. The first kappa shape index (κ1) is 24.4. The van der Waals surface area contributed by atoms with E-state index in [1.807, 2.05) is 0 Å². The zero-order valence-electron chi connectivity index (χ0n) is 18.4. The van der Waals surface area contributed by atoms with E-state index in [4.69, 9.17) is 11.6 Å². The number of carbonyl (C=O) groups excluding carboxylic acids is 1. The fourth-order valence-electron chi connectivity index (χ4n) is 2.80. The molecule has 0 saturated heterocycles. The number of halogens is 4. The van der Waals surface area contributed by atoms with E-state index in [2.05, 4.69) is 20.3 Å². The second kappa shape index (κ2) is 8.97. The van der Waals surface area contributed by atoms with Gasteiger partial charge in [-0.2, -0.15) is 9.97 Å². The molecule has 0 spiro atoms. The Hall–Kier alpha value is -3.20. The molecule has 3 rings (SSSR count). The van der Waals surface area contributed by atoms with Crippen molar-refractivity contribution in [2.75, 3.05) is 0 Å². The van der Waals surface area contributed by atoms with Crippen LogP contribution in [0.3, 0.4) is 0 Å². The summed E-state index contributed by atoms with van der Waals surface area (Å²) in [4.78, 5) is 24.3. The molecule has 0 aliphatic carbocycles. The summed E-state index contributed by atoms with van der Waals surface area (Å²) in [5, 5.41) is 12.8. The number of aromatic nitrogens is 3. The third-order valence-electron chi connectivity index (χ3n) is 5.44. The monoisotopic (exact) mass is 478 g/mol. The topological polar surface area (TPSA) is 88.0 Å². The summed E-state index contributed by atoms with van der Waals surface area (Å²) < 4.78 is 41.4. The number of alkyl halides is 2. The third kappa shape index (κ3) is 5.24. The molecule has 0 unspecified atom stereocenters. The van der Waals surface area contributed by atoms with Gasteiger partial charge in [0.1, 0.15) is 11.2 Å². The molecule has 3 aromatic rings. The Bertz CT molecular complexity index is 1210. The second-order valence-corrected chi connectivity index (χ2v) is 8.66. The van der Waals surface area contributed by atoms with Crippen molar-refractivity contribution in [3.63, 3.8) is 0 Å². The number of rotatable bonds is 6. The molecule has 0 bridgehead atoms. The Morgan fingerprint density at radius 3 is 2.36 bits per heavy atom. The summed E-state index contributed by atoms with van der Waals surface area (Å²) in [5.74, 6) is -4.41. The summed E-state index contributed by atoms with van der Waals surface area (Å²) >= 11 is 6.29. The molecule has 174 valence electrons. The molecule has 0 saturated carbocycles. The van der Waals surface area contributed by atoms with E-state index in [9.17, 15) is 23.1 Å². The Balaban J connectivity index is 1.91. The quantitative estimate of drug-likeness (QED) is 0.501. The number of benzene rings is 2. The van der Waals surface area contributed by atoms with E-state index in [-0.39, 0.29) is 23.2 Å². The molecule has 1 heterocycles. The first-order valence-electron chi connectivity index (χ1n) is 9.96. The number of aromatic hydroxyl groups is 1. The summed E-state index contributed by atoms with van der Waals surface area (Å²) in [6, 6.07) is 8.53. The van der Waals surface area contributed by atoms with Crippen molar-refractivity contribution < 1.29 is 23.1 Å². The molecule has 0 atom stereocenters. The van der Waals surface area contributed by atoms with Crippen molar-refractivity contribution in [2.45, 2.75) is 40.2 Å². The number of carbonyl (C=O) groups is 1. The van der Waals surface area contributed by atoms with Crippen LogP contribution in [0.4, 0.5) is 13.2 Å². The predicted molar refractivity (Wildman–Crippen MR) is 118 cm³/mol. The van der Waals surface area contributed by atoms with Crippen LogP contribution in [0.25, 0.3) is 22.8 Å². The van der Waals surface area contributed by atoms with Gasteiger partial charge in [0.2, 0.25) is 5.91 Å². The van der Waals surface area contributed by atoms with E-state index in [1.165, 1.54) is 26.0 Å². The van der Waals surface area contributed by atoms with Gasteiger partial charge < -0.3 is 10.4 Å². The second-order valence-electron chi connectivity index (χ2n) is 8.26. The van der Waals surface area contributed by atoms with Gasteiger partial charge in [-0.05, 0) is 50.1 Å². The molecule has 2 N–H and O–H groups in total. The zero-order valence-corrected chi connectivity index (χ0v) is 19.1. The number of nitrogens with one attached hydrogen (secondary N) is 1. The number of hydrogen-bond acceptors (Lipinski definition) is 5. The molecular formula is C23H22ClF3N4O2. The number of amides is 1. The number of hydrogen-bond donors (Lipinski definition) is 2. The number of aryl methyl sites for hydroxylation is 1. The lowest BCUT2D eigenvalue weighted by atomic mass is 9.85. The minimum absolute atomic E-state index is 0.0251. The van der Waals surface area contributed by atoms with Crippen molar-refractivity contribution in [3.8, 4) is 28.8 Å². The highest BCUT2D eigenvalue weighted by molar-refractivity contribution is 6.33. The molecule has 1 aromatic heterocycles. The van der Waals surface area contributed by atoms with Crippen LogP contribution in [0.2, 0.25) is 5.02 Å². The molecule has 0 aliphatic rings. The highest BCUT2D eigenvalue weighted by Crippen LogP contribution is 2.36. The minimum Gasteiger partial charge on any atom is -0.479 e. The fourth-order valence-corrected chi connectivity index (χ4v) is 3.00. The van der Waals surface area contributed by atoms with Crippen LogP contribution in [0.5, 0.6) is 6.01 Å². The zero-order chi connectivity index (χ0) is 24.6. The maximum atomic E-state index is 14.0. The molecule has 0 fully saturated rings. The summed E-state index contributed by atoms with van der Waals surface area (Å²) in [6.07, 6.45) is 0. The van der Waals surface area contributed by atoms with Gasteiger partial charge in [-0.3, -0.25) is 4.79 Å². The van der Waals surface area contributed by atoms with Crippen LogP contribution in [-0.2, 0) is 11.3 Å². The van der Waals surface area contributed by atoms with E-state index < -0.39 is 29.1 Å². The highest BCUT2D eigenvalue weighted by Gasteiger charge is 2.47. The predicted octanol–water partition coefficient (Wildman–Crippen LogP) is 5.31. The Labute approximate surface area is 193 Å². The summed E-state index contributed by atoms with van der Waals surface area (Å²) in [5.41, 5.74) is -0.269. The Kier molecular flexibility index (Phi) is 6.65. The van der Waals surface area contributed by atoms with Crippen LogP contribution >= 0.6 is 11.6 Å². The average molecular weight is 479 g/mol. The minimum atomic E-state index is -3.21. The van der Waals surface area contributed by atoms with Crippen LogP contribution in [-0.4, -0.2) is 31.9 Å². The lowest BCUT2D eigenvalue weighted by Crippen LogP contribution is -2.47. The van der Waals surface area contributed by atoms with Gasteiger partial charge in [-0.25, -0.2) is 18.2 Å². The molecule has 0 radical (unpaired) electrons. The van der Waals surface area contributed by atoms with Gasteiger partial charge in [0.05, 0.1) is 5.02 Å². The highest BCUT2D eigenvalue weighted by atomic mass is 35.5. The maximum absolute atomic E-state index is 14.0. The lowest BCUT2D eigenvalue weighted by Gasteiger charge is -2.29. The van der Waals surface area contributed by atoms with E-state index in [1.54, 1.807) is 31.2 Å². The van der Waals surface area contributed by atoms with E-state index in [0.29, 0.717) is 29.2 Å². The van der Waals surface area contributed by atoms with Gasteiger partial charge in [0.15, 0.2) is 11.6 Å². The Morgan fingerprint density at radius 2 is 1.73 bits per heavy atom. The average Bonchev–Trinajstić information content (AvgIpc) is 2.73. The number of nitrogens with zero attached hydrogens (tertiary/aromatic N) is 3. The van der Waals surface area contributed by atoms with E-state index in [0.717, 1.165) is 0 Å².